The predicted octanol–water partition coefficient (Wildman–Crippen LogP) is 1.99. The number of aryl methyl sites for hydroxylation is 3. The normalized spacial score (nSPS) is 16.6. The number of nitrogens with zero attached hydrogens (tertiary/aromatic N) is 1. The second-order valence-corrected chi connectivity index (χ2v) is 7.75. The van der Waals surface area contributed by atoms with Crippen LogP contribution in [0.3, 0.4) is 0 Å². The fourth-order valence-corrected chi connectivity index (χ4v) is 3.95. The summed E-state index contributed by atoms with van der Waals surface area (Å²) in [6, 6.07) is 10.2. The molecule has 158 valence electrons. The van der Waals surface area contributed by atoms with Gasteiger partial charge in [-0.15, -0.1) is 0 Å². The summed E-state index contributed by atoms with van der Waals surface area (Å²) < 4.78 is 7.06. The van der Waals surface area contributed by atoms with Gasteiger partial charge in [-0.25, -0.2) is 0 Å². The number of benzene rings is 1. The summed E-state index contributed by atoms with van der Waals surface area (Å²) >= 11 is 0. The van der Waals surface area contributed by atoms with Crippen LogP contribution in [0.2, 0.25) is 0 Å². The van der Waals surface area contributed by atoms with E-state index < -0.39 is 0 Å². The molecule has 1 unspecified atom stereocenters. The largest absolute Gasteiger partial charge is 0.379 e. The Bertz CT molecular complexity index is 1080. The number of aromatic nitrogens is 2. The summed E-state index contributed by atoms with van der Waals surface area (Å²) in [6.45, 7) is 5.03. The molecule has 0 aliphatic carbocycles. The number of pyridine rings is 1. The lowest BCUT2D eigenvalue weighted by Gasteiger charge is -2.23. The molecular weight excluding hydrogens is 380 g/mol. The van der Waals surface area contributed by atoms with Crippen LogP contribution in [0.25, 0.3) is 10.9 Å². The third-order valence-corrected chi connectivity index (χ3v) is 5.67. The standard InChI is InChI=1S/C23H28N4O3/c1-16-7-11-27(12-8-17-14-26-20-5-3-2-4-19(17)20)23(29)21(16)22(28)25-9-6-18-15-30-13-10-24-18/h2-5,7,11,14,18,24,26H,6,8-10,12-13,15H2,1H3,(H,25,28). The number of amides is 1. The number of H-pyrrole nitrogens is 1. The van der Waals surface area contributed by atoms with E-state index in [-0.39, 0.29) is 23.1 Å². The number of ether oxygens (including phenoxy) is 1. The molecule has 4 rings (SSSR count). The van der Waals surface area contributed by atoms with Crippen molar-refractivity contribution in [3.8, 4) is 0 Å². The molecular formula is C23H28N4O3. The Morgan fingerprint density at radius 3 is 3.00 bits per heavy atom. The molecule has 0 saturated carbocycles. The number of carbonyl (C=O) groups is 1. The molecule has 30 heavy (non-hydrogen) atoms. The van der Waals surface area contributed by atoms with Gasteiger partial charge in [0.25, 0.3) is 11.5 Å². The topological polar surface area (TPSA) is 88.2 Å². The number of morpholine rings is 1. The zero-order valence-electron chi connectivity index (χ0n) is 17.2. The lowest BCUT2D eigenvalue weighted by atomic mass is 10.1. The Morgan fingerprint density at radius 2 is 2.17 bits per heavy atom. The highest BCUT2D eigenvalue weighted by Gasteiger charge is 2.17. The van der Waals surface area contributed by atoms with Gasteiger partial charge < -0.3 is 24.9 Å². The van der Waals surface area contributed by atoms with Gasteiger partial charge in [0, 0.05) is 49.0 Å². The molecule has 1 fully saturated rings. The van der Waals surface area contributed by atoms with Gasteiger partial charge in [-0.1, -0.05) is 18.2 Å². The molecule has 1 aliphatic rings. The molecule has 1 aliphatic heterocycles. The third kappa shape index (κ3) is 4.47. The highest BCUT2D eigenvalue weighted by molar-refractivity contribution is 5.95. The van der Waals surface area contributed by atoms with Crippen LogP contribution in [-0.2, 0) is 17.7 Å². The van der Waals surface area contributed by atoms with Crippen molar-refractivity contribution in [1.29, 1.82) is 0 Å². The van der Waals surface area contributed by atoms with Gasteiger partial charge in [-0.3, -0.25) is 9.59 Å². The van der Waals surface area contributed by atoms with Gasteiger partial charge >= 0.3 is 0 Å². The van der Waals surface area contributed by atoms with Crippen molar-refractivity contribution in [2.24, 2.45) is 0 Å². The Labute approximate surface area is 175 Å². The molecule has 7 heteroatoms. The number of rotatable bonds is 7. The molecule has 3 N–H and O–H groups in total. The Hall–Kier alpha value is -2.90. The maximum absolute atomic E-state index is 13.0. The number of aromatic amines is 1. The molecule has 3 aromatic rings. The van der Waals surface area contributed by atoms with Gasteiger partial charge in [-0.2, -0.15) is 0 Å². The summed E-state index contributed by atoms with van der Waals surface area (Å²) in [5, 5.41) is 7.42. The predicted molar refractivity (Wildman–Crippen MR) is 117 cm³/mol. The maximum Gasteiger partial charge on any atom is 0.263 e. The highest BCUT2D eigenvalue weighted by Crippen LogP contribution is 2.18. The van der Waals surface area contributed by atoms with Gasteiger partial charge in [0.15, 0.2) is 0 Å². The van der Waals surface area contributed by atoms with Crippen molar-refractivity contribution >= 4 is 16.8 Å². The smallest absolute Gasteiger partial charge is 0.263 e. The number of carbonyl (C=O) groups excluding carboxylic acids is 1. The van der Waals surface area contributed by atoms with E-state index in [0.717, 1.165) is 36.0 Å². The average Bonchev–Trinajstić information content (AvgIpc) is 3.17. The number of fused-ring (bicyclic) bond motifs is 1. The van der Waals surface area contributed by atoms with E-state index in [1.807, 2.05) is 30.5 Å². The maximum atomic E-state index is 13.0. The van der Waals surface area contributed by atoms with Gasteiger partial charge in [0.1, 0.15) is 5.56 Å². The minimum atomic E-state index is -0.310. The minimum Gasteiger partial charge on any atom is -0.379 e. The van der Waals surface area contributed by atoms with E-state index >= 15 is 0 Å². The quantitative estimate of drug-likeness (QED) is 0.558. The zero-order chi connectivity index (χ0) is 20.9. The molecule has 1 saturated heterocycles. The summed E-state index contributed by atoms with van der Waals surface area (Å²) in [5.41, 5.74) is 2.92. The molecule has 0 spiro atoms. The first-order valence-electron chi connectivity index (χ1n) is 10.5. The van der Waals surface area contributed by atoms with Crippen LogP contribution in [0.1, 0.15) is 27.9 Å². The highest BCUT2D eigenvalue weighted by atomic mass is 16.5. The van der Waals surface area contributed by atoms with Gasteiger partial charge in [-0.05, 0) is 43.0 Å². The van der Waals surface area contributed by atoms with Crippen LogP contribution in [0.4, 0.5) is 0 Å². The lowest BCUT2D eigenvalue weighted by Crippen LogP contribution is -2.43. The summed E-state index contributed by atoms with van der Waals surface area (Å²) in [7, 11) is 0. The van der Waals surface area contributed by atoms with E-state index in [9.17, 15) is 9.59 Å². The summed E-state index contributed by atoms with van der Waals surface area (Å²) in [6.07, 6.45) is 5.24. The van der Waals surface area contributed by atoms with Crippen LogP contribution >= 0.6 is 0 Å². The number of hydrogen-bond acceptors (Lipinski definition) is 4. The van der Waals surface area contributed by atoms with Crippen molar-refractivity contribution in [3.63, 3.8) is 0 Å². The second kappa shape index (κ2) is 9.28. The summed E-state index contributed by atoms with van der Waals surface area (Å²) in [4.78, 5) is 29.0. The first-order chi connectivity index (χ1) is 14.6. The Balaban J connectivity index is 1.42. The van der Waals surface area contributed by atoms with Crippen molar-refractivity contribution < 1.29 is 9.53 Å². The van der Waals surface area contributed by atoms with Gasteiger partial charge in [0.05, 0.1) is 13.2 Å². The monoisotopic (exact) mass is 408 g/mol. The molecule has 3 heterocycles. The van der Waals surface area contributed by atoms with Crippen molar-refractivity contribution in [3.05, 3.63) is 69.8 Å². The molecule has 1 aromatic carbocycles. The fourth-order valence-electron chi connectivity index (χ4n) is 3.95. The van der Waals surface area contributed by atoms with Crippen LogP contribution in [0.5, 0.6) is 0 Å². The number of hydrogen-bond donors (Lipinski definition) is 3. The minimum absolute atomic E-state index is 0.226. The van der Waals surface area contributed by atoms with E-state index in [1.165, 1.54) is 0 Å². The first-order valence-corrected chi connectivity index (χ1v) is 10.5. The van der Waals surface area contributed by atoms with Crippen LogP contribution in [-0.4, -0.2) is 47.8 Å². The molecule has 1 amide bonds. The fraction of sp³-hybridized carbons (Fsp3) is 0.391. The number of nitrogens with one attached hydrogen (secondary N) is 3. The van der Waals surface area contributed by atoms with Crippen LogP contribution in [0, 0.1) is 6.92 Å². The van der Waals surface area contributed by atoms with Crippen LogP contribution in [0.15, 0.2) is 47.5 Å². The van der Waals surface area contributed by atoms with Crippen LogP contribution < -0.4 is 16.2 Å². The van der Waals surface area contributed by atoms with Crippen molar-refractivity contribution in [2.75, 3.05) is 26.3 Å². The van der Waals surface area contributed by atoms with E-state index in [4.69, 9.17) is 4.74 Å². The molecule has 0 radical (unpaired) electrons. The van der Waals surface area contributed by atoms with E-state index in [1.54, 1.807) is 17.7 Å². The van der Waals surface area contributed by atoms with E-state index in [2.05, 4.69) is 21.7 Å². The summed E-state index contributed by atoms with van der Waals surface area (Å²) in [5.74, 6) is -0.310. The molecule has 2 aromatic heterocycles. The Kier molecular flexibility index (Phi) is 6.30. The third-order valence-electron chi connectivity index (χ3n) is 5.67. The zero-order valence-corrected chi connectivity index (χ0v) is 17.2. The SMILES string of the molecule is Cc1ccn(CCc2c[nH]c3ccccc23)c(=O)c1C(=O)NCCC1COCCN1. The van der Waals surface area contributed by atoms with Crippen molar-refractivity contribution in [1.82, 2.24) is 20.2 Å². The Morgan fingerprint density at radius 1 is 1.30 bits per heavy atom. The number of para-hydroxylation sites is 1. The molecule has 1 atom stereocenters. The lowest BCUT2D eigenvalue weighted by molar-refractivity contribution is 0.0732. The molecule has 0 bridgehead atoms. The second-order valence-electron chi connectivity index (χ2n) is 7.75. The van der Waals surface area contributed by atoms with E-state index in [0.29, 0.717) is 31.7 Å². The van der Waals surface area contributed by atoms with Gasteiger partial charge in [0.2, 0.25) is 0 Å². The van der Waals surface area contributed by atoms with Crippen molar-refractivity contribution in [2.45, 2.75) is 32.4 Å². The first kappa shape index (κ1) is 20.4. The molecule has 7 nitrogen and oxygen atoms in total. The average molecular weight is 409 g/mol.